The molecule has 2 rings (SSSR count). The molecule has 1 aromatic rings. The van der Waals surface area contributed by atoms with Crippen molar-refractivity contribution in [1.82, 2.24) is 15.5 Å². The van der Waals surface area contributed by atoms with Crippen LogP contribution in [0.1, 0.15) is 31.7 Å². The Morgan fingerprint density at radius 1 is 1.28 bits per heavy atom. The number of amides is 2. The van der Waals surface area contributed by atoms with Gasteiger partial charge < -0.3 is 15.5 Å². The molecule has 0 spiro atoms. The van der Waals surface area contributed by atoms with Gasteiger partial charge in [-0.2, -0.15) is 0 Å². The molecule has 1 aliphatic rings. The molecule has 1 heterocycles. The van der Waals surface area contributed by atoms with E-state index in [0.29, 0.717) is 23.9 Å². The molecule has 0 radical (unpaired) electrons. The van der Waals surface area contributed by atoms with Crippen molar-refractivity contribution in [1.29, 1.82) is 0 Å². The van der Waals surface area contributed by atoms with E-state index in [4.69, 9.17) is 0 Å². The number of rotatable bonds is 6. The average Bonchev–Trinajstić information content (AvgIpc) is 2.82. The van der Waals surface area contributed by atoms with E-state index in [1.165, 1.54) is 12.8 Å². The van der Waals surface area contributed by atoms with Crippen molar-refractivity contribution < 1.29 is 13.2 Å². The summed E-state index contributed by atoms with van der Waals surface area (Å²) in [6.07, 6.45) is 3.56. The summed E-state index contributed by atoms with van der Waals surface area (Å²) in [4.78, 5) is 14.6. The molecule has 1 fully saturated rings. The zero-order chi connectivity index (χ0) is 18.3. The summed E-state index contributed by atoms with van der Waals surface area (Å²) in [7, 11) is -1.10. The largest absolute Gasteiger partial charge is 0.338 e. The van der Waals surface area contributed by atoms with Gasteiger partial charge >= 0.3 is 6.03 Å². The molecule has 2 amide bonds. The van der Waals surface area contributed by atoms with Gasteiger partial charge in [0.1, 0.15) is 0 Å². The van der Waals surface area contributed by atoms with Crippen LogP contribution in [0.25, 0.3) is 0 Å². The predicted molar refractivity (Wildman–Crippen MR) is 99.2 cm³/mol. The van der Waals surface area contributed by atoms with Gasteiger partial charge in [0, 0.05) is 19.6 Å². The van der Waals surface area contributed by atoms with Crippen LogP contribution in [0.4, 0.5) is 4.79 Å². The van der Waals surface area contributed by atoms with Gasteiger partial charge in [0.25, 0.3) is 0 Å². The van der Waals surface area contributed by atoms with E-state index in [1.54, 1.807) is 25.1 Å². The Morgan fingerprint density at radius 3 is 2.84 bits per heavy atom. The fourth-order valence-electron chi connectivity index (χ4n) is 3.10. The van der Waals surface area contributed by atoms with Crippen molar-refractivity contribution in [3.05, 3.63) is 29.8 Å². The lowest BCUT2D eigenvalue weighted by molar-refractivity contribution is 0.235. The van der Waals surface area contributed by atoms with Crippen LogP contribution in [-0.2, 0) is 16.4 Å². The highest BCUT2D eigenvalue weighted by Crippen LogP contribution is 2.15. The number of likely N-dealkylation sites (tertiary alicyclic amines) is 1. The lowest BCUT2D eigenvalue weighted by Gasteiger charge is -2.20. The fourth-order valence-corrected chi connectivity index (χ4v) is 4.05. The summed E-state index contributed by atoms with van der Waals surface area (Å²) in [6, 6.07) is 6.52. The zero-order valence-electron chi connectivity index (χ0n) is 15.1. The Morgan fingerprint density at radius 2 is 2.08 bits per heavy atom. The standard InChI is InChI=1S/C18H29N3O3S/c1-3-25(23,24)17-9-6-8-15(11-17)12-19-18(22)20-13-16-7-4-5-10-21(2)14-16/h6,8-9,11,16H,3-5,7,10,12-14H2,1-2H3,(H2,19,20,22). The Labute approximate surface area is 150 Å². The van der Waals surface area contributed by atoms with Crippen LogP contribution < -0.4 is 10.6 Å². The van der Waals surface area contributed by atoms with Gasteiger partial charge in [-0.05, 0) is 50.0 Å². The Balaban J connectivity index is 1.81. The van der Waals surface area contributed by atoms with Gasteiger partial charge in [0.05, 0.1) is 10.6 Å². The third-order valence-corrected chi connectivity index (χ3v) is 6.35. The van der Waals surface area contributed by atoms with E-state index in [9.17, 15) is 13.2 Å². The molecule has 0 aromatic heterocycles. The monoisotopic (exact) mass is 367 g/mol. The molecule has 2 N–H and O–H groups in total. The summed E-state index contributed by atoms with van der Waals surface area (Å²) in [5, 5.41) is 5.74. The van der Waals surface area contributed by atoms with Crippen LogP contribution in [0.5, 0.6) is 0 Å². The molecule has 0 saturated carbocycles. The second-order valence-electron chi connectivity index (χ2n) is 6.74. The smallest absolute Gasteiger partial charge is 0.315 e. The lowest BCUT2D eigenvalue weighted by atomic mass is 10.0. The molecule has 25 heavy (non-hydrogen) atoms. The minimum Gasteiger partial charge on any atom is -0.338 e. The highest BCUT2D eigenvalue weighted by atomic mass is 32.2. The van der Waals surface area contributed by atoms with Crippen molar-refractivity contribution in [2.24, 2.45) is 5.92 Å². The number of carbonyl (C=O) groups is 1. The molecule has 6 nitrogen and oxygen atoms in total. The van der Waals surface area contributed by atoms with Crippen LogP contribution in [0.3, 0.4) is 0 Å². The Kier molecular flexibility index (Phi) is 7.25. The summed E-state index contributed by atoms with van der Waals surface area (Å²) >= 11 is 0. The van der Waals surface area contributed by atoms with E-state index in [2.05, 4.69) is 22.6 Å². The summed E-state index contributed by atoms with van der Waals surface area (Å²) < 4.78 is 23.8. The van der Waals surface area contributed by atoms with Crippen LogP contribution >= 0.6 is 0 Å². The Bertz CT molecular complexity index is 676. The van der Waals surface area contributed by atoms with Crippen LogP contribution in [0, 0.1) is 5.92 Å². The first-order valence-electron chi connectivity index (χ1n) is 8.92. The predicted octanol–water partition coefficient (Wildman–Crippen LogP) is 2.01. The van der Waals surface area contributed by atoms with Crippen LogP contribution in [-0.4, -0.2) is 51.8 Å². The van der Waals surface area contributed by atoms with Crippen molar-refractivity contribution >= 4 is 15.9 Å². The number of carbonyl (C=O) groups excluding carboxylic acids is 1. The highest BCUT2D eigenvalue weighted by Gasteiger charge is 2.16. The quantitative estimate of drug-likeness (QED) is 0.806. The van der Waals surface area contributed by atoms with Crippen molar-refractivity contribution in [2.45, 2.75) is 37.6 Å². The molecule has 7 heteroatoms. The van der Waals surface area contributed by atoms with E-state index in [-0.39, 0.29) is 11.8 Å². The number of benzene rings is 1. The molecule has 1 atom stereocenters. The van der Waals surface area contributed by atoms with Crippen molar-refractivity contribution in [2.75, 3.05) is 32.4 Å². The van der Waals surface area contributed by atoms with Crippen molar-refractivity contribution in [3.63, 3.8) is 0 Å². The summed E-state index contributed by atoms with van der Waals surface area (Å²) in [6.45, 7) is 4.74. The first kappa shape index (κ1) is 19.7. The maximum atomic E-state index is 12.0. The maximum absolute atomic E-state index is 12.0. The maximum Gasteiger partial charge on any atom is 0.315 e. The number of nitrogens with one attached hydrogen (secondary N) is 2. The lowest BCUT2D eigenvalue weighted by Crippen LogP contribution is -2.39. The number of urea groups is 1. The first-order valence-corrected chi connectivity index (χ1v) is 10.6. The van der Waals surface area contributed by atoms with Gasteiger partial charge in [-0.1, -0.05) is 25.5 Å². The third kappa shape index (κ3) is 6.32. The molecular formula is C18H29N3O3S. The third-order valence-electron chi connectivity index (χ3n) is 4.61. The molecule has 0 aliphatic carbocycles. The molecule has 1 aliphatic heterocycles. The van der Waals surface area contributed by atoms with E-state index in [1.807, 2.05) is 6.07 Å². The number of hydrogen-bond acceptors (Lipinski definition) is 4. The second kappa shape index (κ2) is 9.20. The van der Waals surface area contributed by atoms with Gasteiger partial charge in [0.15, 0.2) is 9.84 Å². The van der Waals surface area contributed by atoms with E-state index in [0.717, 1.165) is 25.1 Å². The molecule has 140 valence electrons. The normalized spacial score (nSPS) is 19.2. The topological polar surface area (TPSA) is 78.5 Å². The minimum absolute atomic E-state index is 0.0696. The van der Waals surface area contributed by atoms with Gasteiger partial charge in [-0.3, -0.25) is 0 Å². The molecule has 0 bridgehead atoms. The van der Waals surface area contributed by atoms with Crippen molar-refractivity contribution in [3.8, 4) is 0 Å². The number of sulfone groups is 1. The molecule has 1 saturated heterocycles. The van der Waals surface area contributed by atoms with Gasteiger partial charge in [-0.15, -0.1) is 0 Å². The molecule has 1 aromatic carbocycles. The summed E-state index contributed by atoms with van der Waals surface area (Å²) in [5.41, 5.74) is 0.777. The Hall–Kier alpha value is -1.60. The minimum atomic E-state index is -3.23. The number of hydrogen-bond donors (Lipinski definition) is 2. The summed E-state index contributed by atoms with van der Waals surface area (Å²) in [5.74, 6) is 0.552. The zero-order valence-corrected chi connectivity index (χ0v) is 15.9. The van der Waals surface area contributed by atoms with Crippen LogP contribution in [0.2, 0.25) is 0 Å². The first-order chi connectivity index (χ1) is 11.9. The number of nitrogens with zero attached hydrogens (tertiary/aromatic N) is 1. The average molecular weight is 368 g/mol. The van der Waals surface area contributed by atoms with Gasteiger partial charge in [-0.25, -0.2) is 13.2 Å². The molecular weight excluding hydrogens is 338 g/mol. The SMILES string of the molecule is CCS(=O)(=O)c1cccc(CNC(=O)NCC2CCCCN(C)C2)c1. The van der Waals surface area contributed by atoms with Crippen LogP contribution in [0.15, 0.2) is 29.2 Å². The van der Waals surface area contributed by atoms with Gasteiger partial charge in [0.2, 0.25) is 0 Å². The highest BCUT2D eigenvalue weighted by molar-refractivity contribution is 7.91. The van der Waals surface area contributed by atoms with E-state index >= 15 is 0 Å². The molecule has 1 unspecified atom stereocenters. The second-order valence-corrected chi connectivity index (χ2v) is 9.02. The fraction of sp³-hybridized carbons (Fsp3) is 0.611. The van der Waals surface area contributed by atoms with E-state index < -0.39 is 9.84 Å².